The maximum Gasteiger partial charge on any atom is 0.225 e. The Morgan fingerprint density at radius 1 is 1.20 bits per heavy atom. The zero-order chi connectivity index (χ0) is 14.5. The molecule has 0 aliphatic rings. The molecule has 2 rings (SSSR count). The van der Waals surface area contributed by atoms with Crippen LogP contribution < -0.4 is 11.1 Å². The molecule has 0 atom stereocenters. The number of halogens is 2. The van der Waals surface area contributed by atoms with Crippen LogP contribution in [0.3, 0.4) is 0 Å². The van der Waals surface area contributed by atoms with Gasteiger partial charge in [0.2, 0.25) is 5.91 Å². The molecule has 3 N–H and O–H groups in total. The standard InChI is InChI=1S/C13H12Cl2N4O/c14-11-12(15)17-7-18-13(11)19-10(20)6-3-8-1-4-9(16)5-2-8/h1-2,4-5,7H,3,6,16H2,(H,17,18,19,20). The SMILES string of the molecule is Nc1ccc(CCC(=O)Nc2ncnc(Cl)c2Cl)cc1. The predicted octanol–water partition coefficient (Wildman–Crippen LogP) is 2.94. The minimum Gasteiger partial charge on any atom is -0.399 e. The molecule has 0 spiro atoms. The van der Waals surface area contributed by atoms with E-state index in [2.05, 4.69) is 15.3 Å². The van der Waals surface area contributed by atoms with Gasteiger partial charge in [-0.25, -0.2) is 9.97 Å². The fourth-order valence-electron chi connectivity index (χ4n) is 1.57. The molecular formula is C13H12Cl2N4O. The second-order valence-corrected chi connectivity index (χ2v) is 4.85. The molecule has 1 heterocycles. The Balaban J connectivity index is 1.92. The summed E-state index contributed by atoms with van der Waals surface area (Å²) in [6, 6.07) is 7.37. The van der Waals surface area contributed by atoms with Gasteiger partial charge in [0.25, 0.3) is 0 Å². The highest BCUT2D eigenvalue weighted by molar-refractivity contribution is 6.42. The number of nitrogens with two attached hydrogens (primary N) is 1. The van der Waals surface area contributed by atoms with E-state index in [1.807, 2.05) is 12.1 Å². The number of nitrogens with zero attached hydrogens (tertiary/aromatic N) is 2. The Bertz CT molecular complexity index is 616. The first-order valence-corrected chi connectivity index (χ1v) is 6.62. The van der Waals surface area contributed by atoms with Crippen molar-refractivity contribution in [3.05, 3.63) is 46.3 Å². The maximum atomic E-state index is 11.8. The minimum absolute atomic E-state index is 0.107. The van der Waals surface area contributed by atoms with Gasteiger partial charge in [-0.15, -0.1) is 0 Å². The molecule has 0 fully saturated rings. The van der Waals surface area contributed by atoms with E-state index in [9.17, 15) is 4.79 Å². The third kappa shape index (κ3) is 3.82. The van der Waals surface area contributed by atoms with E-state index in [0.29, 0.717) is 18.5 Å². The Morgan fingerprint density at radius 2 is 1.90 bits per heavy atom. The first-order valence-electron chi connectivity index (χ1n) is 5.86. The molecule has 0 aliphatic heterocycles. The van der Waals surface area contributed by atoms with Crippen molar-refractivity contribution in [2.75, 3.05) is 11.1 Å². The van der Waals surface area contributed by atoms with Crippen LogP contribution >= 0.6 is 23.2 Å². The third-order valence-electron chi connectivity index (χ3n) is 2.63. The number of carbonyl (C=O) groups is 1. The Morgan fingerprint density at radius 3 is 2.60 bits per heavy atom. The van der Waals surface area contributed by atoms with Crippen LogP contribution in [0.2, 0.25) is 10.2 Å². The van der Waals surface area contributed by atoms with Crippen LogP contribution in [0.4, 0.5) is 11.5 Å². The number of hydrogen-bond donors (Lipinski definition) is 2. The van der Waals surface area contributed by atoms with E-state index in [1.54, 1.807) is 12.1 Å². The first kappa shape index (κ1) is 14.6. The summed E-state index contributed by atoms with van der Waals surface area (Å²) in [7, 11) is 0. The number of aryl methyl sites for hydroxylation is 1. The molecule has 0 bridgehead atoms. The topological polar surface area (TPSA) is 80.9 Å². The third-order valence-corrected chi connectivity index (χ3v) is 3.37. The number of nitrogen functional groups attached to an aromatic ring is 1. The van der Waals surface area contributed by atoms with Gasteiger partial charge in [-0.05, 0) is 24.1 Å². The molecule has 1 amide bonds. The highest BCUT2D eigenvalue weighted by atomic mass is 35.5. The number of anilines is 2. The quantitative estimate of drug-likeness (QED) is 0.672. The number of carbonyl (C=O) groups excluding carboxylic acids is 1. The molecule has 0 aliphatic carbocycles. The lowest BCUT2D eigenvalue weighted by atomic mass is 10.1. The van der Waals surface area contributed by atoms with Crippen LogP contribution in [0.1, 0.15) is 12.0 Å². The molecule has 20 heavy (non-hydrogen) atoms. The van der Waals surface area contributed by atoms with Crippen molar-refractivity contribution in [1.82, 2.24) is 9.97 Å². The number of benzene rings is 1. The van der Waals surface area contributed by atoms with Gasteiger partial charge in [0.1, 0.15) is 11.3 Å². The van der Waals surface area contributed by atoms with Crippen molar-refractivity contribution in [2.45, 2.75) is 12.8 Å². The number of aromatic nitrogens is 2. The van der Waals surface area contributed by atoms with E-state index >= 15 is 0 Å². The molecule has 1 aromatic heterocycles. The van der Waals surface area contributed by atoms with Crippen LogP contribution in [0.15, 0.2) is 30.6 Å². The van der Waals surface area contributed by atoms with Crippen LogP contribution in [-0.2, 0) is 11.2 Å². The van der Waals surface area contributed by atoms with Gasteiger partial charge in [0.05, 0.1) is 0 Å². The van der Waals surface area contributed by atoms with E-state index < -0.39 is 0 Å². The van der Waals surface area contributed by atoms with Crippen LogP contribution in [-0.4, -0.2) is 15.9 Å². The summed E-state index contributed by atoms with van der Waals surface area (Å²) >= 11 is 11.6. The van der Waals surface area contributed by atoms with Gasteiger partial charge in [-0.3, -0.25) is 4.79 Å². The summed E-state index contributed by atoms with van der Waals surface area (Å²) in [5.74, 6) is 0.0208. The second-order valence-electron chi connectivity index (χ2n) is 4.12. The summed E-state index contributed by atoms with van der Waals surface area (Å²) in [4.78, 5) is 19.4. The smallest absolute Gasteiger partial charge is 0.225 e. The number of hydrogen-bond acceptors (Lipinski definition) is 4. The monoisotopic (exact) mass is 310 g/mol. The van der Waals surface area contributed by atoms with E-state index in [4.69, 9.17) is 28.9 Å². The normalized spacial score (nSPS) is 10.3. The molecule has 0 saturated carbocycles. The molecule has 104 valence electrons. The molecule has 1 aromatic carbocycles. The molecule has 0 saturated heterocycles. The highest BCUT2D eigenvalue weighted by Crippen LogP contribution is 2.25. The second kappa shape index (κ2) is 6.54. The lowest BCUT2D eigenvalue weighted by molar-refractivity contribution is -0.116. The summed E-state index contributed by atoms with van der Waals surface area (Å²) in [6.07, 6.45) is 2.15. The fraction of sp³-hybridized carbons (Fsp3) is 0.154. The zero-order valence-electron chi connectivity index (χ0n) is 10.4. The molecule has 7 heteroatoms. The molecular weight excluding hydrogens is 299 g/mol. The van der Waals surface area contributed by atoms with Crippen molar-refractivity contribution < 1.29 is 4.79 Å². The number of rotatable bonds is 4. The Labute approximate surface area is 126 Å². The average molecular weight is 311 g/mol. The predicted molar refractivity (Wildman–Crippen MR) is 79.9 cm³/mol. The van der Waals surface area contributed by atoms with Crippen molar-refractivity contribution in [3.8, 4) is 0 Å². The van der Waals surface area contributed by atoms with Crippen LogP contribution in [0.25, 0.3) is 0 Å². The largest absolute Gasteiger partial charge is 0.399 e. The summed E-state index contributed by atoms with van der Waals surface area (Å²) in [6.45, 7) is 0. The van der Waals surface area contributed by atoms with Crippen molar-refractivity contribution >= 4 is 40.6 Å². The summed E-state index contributed by atoms with van der Waals surface area (Å²) < 4.78 is 0. The van der Waals surface area contributed by atoms with Gasteiger partial charge in [-0.2, -0.15) is 0 Å². The van der Waals surface area contributed by atoms with Crippen molar-refractivity contribution in [3.63, 3.8) is 0 Å². The van der Waals surface area contributed by atoms with Gasteiger partial charge in [0, 0.05) is 12.1 Å². The van der Waals surface area contributed by atoms with E-state index in [0.717, 1.165) is 5.56 Å². The molecule has 0 radical (unpaired) electrons. The minimum atomic E-state index is -0.196. The lowest BCUT2D eigenvalue weighted by Crippen LogP contribution is -2.14. The molecule has 2 aromatic rings. The highest BCUT2D eigenvalue weighted by Gasteiger charge is 2.10. The van der Waals surface area contributed by atoms with Crippen molar-refractivity contribution in [2.24, 2.45) is 0 Å². The molecule has 5 nitrogen and oxygen atoms in total. The average Bonchev–Trinajstić information content (AvgIpc) is 2.43. The van der Waals surface area contributed by atoms with Gasteiger partial charge in [-0.1, -0.05) is 35.3 Å². The van der Waals surface area contributed by atoms with Crippen LogP contribution in [0, 0.1) is 0 Å². The number of amides is 1. The summed E-state index contributed by atoms with van der Waals surface area (Å²) in [5.41, 5.74) is 7.32. The van der Waals surface area contributed by atoms with E-state index in [1.165, 1.54) is 6.33 Å². The first-order chi connectivity index (χ1) is 9.56. The van der Waals surface area contributed by atoms with Crippen molar-refractivity contribution in [1.29, 1.82) is 0 Å². The fourth-order valence-corrected chi connectivity index (χ4v) is 1.85. The van der Waals surface area contributed by atoms with Gasteiger partial charge in [0.15, 0.2) is 11.0 Å². The maximum absolute atomic E-state index is 11.8. The Hall–Kier alpha value is -1.85. The summed E-state index contributed by atoms with van der Waals surface area (Å²) in [5, 5.41) is 2.84. The van der Waals surface area contributed by atoms with E-state index in [-0.39, 0.29) is 21.9 Å². The lowest BCUT2D eigenvalue weighted by Gasteiger charge is -2.06. The van der Waals surface area contributed by atoms with Crippen LogP contribution in [0.5, 0.6) is 0 Å². The zero-order valence-corrected chi connectivity index (χ0v) is 11.9. The molecule has 0 unspecified atom stereocenters. The number of nitrogens with one attached hydrogen (secondary N) is 1. The van der Waals surface area contributed by atoms with Gasteiger partial charge < -0.3 is 11.1 Å². The van der Waals surface area contributed by atoms with Gasteiger partial charge >= 0.3 is 0 Å². The Kier molecular flexibility index (Phi) is 4.76.